The molecule has 0 bridgehead atoms. The van der Waals surface area contributed by atoms with Crippen LogP contribution in [0.1, 0.15) is 10.5 Å². The van der Waals surface area contributed by atoms with Crippen molar-refractivity contribution in [3.63, 3.8) is 0 Å². The maximum absolute atomic E-state index is 10.8. The van der Waals surface area contributed by atoms with Crippen LogP contribution in [0.3, 0.4) is 0 Å². The molecule has 0 amide bonds. The van der Waals surface area contributed by atoms with E-state index in [-0.39, 0.29) is 5.97 Å². The number of hydrogen-bond donors (Lipinski definition) is 0. The fraction of sp³-hybridized carbons (Fsp3) is 0. The van der Waals surface area contributed by atoms with Crippen LogP contribution in [0.2, 0.25) is 0 Å². The summed E-state index contributed by atoms with van der Waals surface area (Å²) in [5.74, 6) is -0.353. The average molecular weight is 331 g/mol. The van der Waals surface area contributed by atoms with E-state index >= 15 is 0 Å². The second-order valence-corrected chi connectivity index (χ2v) is 2.30. The summed E-state index contributed by atoms with van der Waals surface area (Å²) in [5.41, 5.74) is 0.366. The summed E-state index contributed by atoms with van der Waals surface area (Å²) in [6.07, 6.45) is 1.56. The zero-order chi connectivity index (χ0) is 7.40. The standard InChI is InChI=1S/C6H5NO2.Bi/c8-6(9)5-3-1-2-4-7-5;/h1-4H,(H,8,9);/q;+1/p-1. The predicted molar refractivity (Wildman–Crippen MR) is 35.4 cm³/mol. The Balaban J connectivity index is 2.85. The Hall–Kier alpha value is -0.497. The molecule has 0 aliphatic rings. The number of aromatic nitrogens is 1. The number of carbonyl (C=O) groups excluding carboxylic acids is 1. The Labute approximate surface area is 73.9 Å². The van der Waals surface area contributed by atoms with Gasteiger partial charge in [0.2, 0.25) is 0 Å². The number of hydrogen-bond acceptors (Lipinski definition) is 3. The van der Waals surface area contributed by atoms with E-state index in [0.29, 0.717) is 30.9 Å². The minimum atomic E-state index is -0.353. The fourth-order valence-electron chi connectivity index (χ4n) is 0.530. The van der Waals surface area contributed by atoms with E-state index in [2.05, 4.69) is 7.80 Å². The van der Waals surface area contributed by atoms with Crippen LogP contribution in [0.15, 0.2) is 24.4 Å². The van der Waals surface area contributed by atoms with E-state index in [0.717, 1.165) is 0 Å². The molecule has 1 heterocycles. The Morgan fingerprint density at radius 2 is 2.40 bits per heavy atom. The fourth-order valence-corrected chi connectivity index (χ4v) is 0.894. The van der Waals surface area contributed by atoms with Crippen LogP contribution in [0.5, 0.6) is 0 Å². The second kappa shape index (κ2) is 3.62. The quantitative estimate of drug-likeness (QED) is 0.696. The van der Waals surface area contributed by atoms with Gasteiger partial charge in [0, 0.05) is 0 Å². The number of pyridine rings is 1. The van der Waals surface area contributed by atoms with Crippen LogP contribution < -0.4 is 0 Å². The first-order chi connectivity index (χ1) is 4.84. The molecule has 1 aromatic rings. The summed E-state index contributed by atoms with van der Waals surface area (Å²) in [6, 6.07) is 5.12. The molecular formula is C6H4BiNO2. The first-order valence-corrected chi connectivity index (χ1v) is 4.03. The van der Waals surface area contributed by atoms with Crippen LogP contribution in [0, 0.1) is 0 Å². The molecule has 0 fully saturated rings. The Bertz CT molecular complexity index is 224. The summed E-state index contributed by atoms with van der Waals surface area (Å²) in [5, 5.41) is 0. The van der Waals surface area contributed by atoms with E-state index in [1.807, 2.05) is 0 Å². The van der Waals surface area contributed by atoms with Gasteiger partial charge >= 0.3 is 73.8 Å². The predicted octanol–water partition coefficient (Wildman–Crippen LogP) is 0.322. The van der Waals surface area contributed by atoms with Gasteiger partial charge in [0.15, 0.2) is 0 Å². The number of nitrogens with zero attached hydrogens (tertiary/aromatic N) is 1. The van der Waals surface area contributed by atoms with Crippen LogP contribution >= 0.6 is 0 Å². The molecule has 0 unspecified atom stereocenters. The molecule has 0 N–H and O–H groups in total. The van der Waals surface area contributed by atoms with Crippen molar-refractivity contribution in [1.29, 1.82) is 0 Å². The van der Waals surface area contributed by atoms with Crippen molar-refractivity contribution in [2.75, 3.05) is 0 Å². The summed E-state index contributed by atoms with van der Waals surface area (Å²) < 4.78 is 4.55. The maximum atomic E-state index is 10.8. The van der Waals surface area contributed by atoms with Crippen LogP contribution in [0.25, 0.3) is 0 Å². The Morgan fingerprint density at radius 1 is 1.60 bits per heavy atom. The van der Waals surface area contributed by atoms with Crippen molar-refractivity contribution < 1.29 is 7.61 Å². The molecule has 3 nitrogen and oxygen atoms in total. The molecule has 50 valence electrons. The van der Waals surface area contributed by atoms with Crippen molar-refractivity contribution in [3.8, 4) is 0 Å². The van der Waals surface area contributed by atoms with Gasteiger partial charge in [-0.15, -0.1) is 0 Å². The number of carbonyl (C=O) groups is 1. The molecule has 2 radical (unpaired) electrons. The summed E-state index contributed by atoms with van der Waals surface area (Å²) in [7, 11) is 0. The van der Waals surface area contributed by atoms with Crippen LogP contribution in [-0.4, -0.2) is 36.1 Å². The van der Waals surface area contributed by atoms with Gasteiger partial charge in [0.05, 0.1) is 0 Å². The zero-order valence-electron chi connectivity index (χ0n) is 5.02. The summed E-state index contributed by atoms with van der Waals surface area (Å²) in [4.78, 5) is 14.5. The molecule has 1 aromatic heterocycles. The van der Waals surface area contributed by atoms with E-state index in [1.165, 1.54) is 0 Å². The zero-order valence-corrected chi connectivity index (χ0v) is 8.50. The third kappa shape index (κ3) is 1.74. The minimum absolute atomic E-state index is 0.353. The van der Waals surface area contributed by atoms with E-state index < -0.39 is 0 Å². The van der Waals surface area contributed by atoms with Crippen LogP contribution in [0.4, 0.5) is 0 Å². The Kier molecular flexibility index (Phi) is 2.75. The van der Waals surface area contributed by atoms with Gasteiger partial charge in [-0.1, -0.05) is 0 Å². The first-order valence-electron chi connectivity index (χ1n) is 2.61. The molecule has 0 atom stereocenters. The van der Waals surface area contributed by atoms with Crippen molar-refractivity contribution >= 4 is 31.1 Å². The molecule has 10 heavy (non-hydrogen) atoms. The normalized spacial score (nSPS) is 8.90. The monoisotopic (exact) mass is 331 g/mol. The van der Waals surface area contributed by atoms with Gasteiger partial charge < -0.3 is 0 Å². The molecule has 0 aromatic carbocycles. The third-order valence-corrected chi connectivity index (χ3v) is 1.60. The van der Waals surface area contributed by atoms with Gasteiger partial charge in [0.25, 0.3) is 0 Å². The Morgan fingerprint density at radius 3 is 2.90 bits per heavy atom. The van der Waals surface area contributed by atoms with Crippen molar-refractivity contribution in [3.05, 3.63) is 30.1 Å². The molecule has 4 heteroatoms. The van der Waals surface area contributed by atoms with Gasteiger partial charge in [-0.25, -0.2) is 0 Å². The molecule has 0 saturated heterocycles. The second-order valence-electron chi connectivity index (χ2n) is 1.59. The SMILES string of the molecule is O=C([O][Bi])c1ccccn1. The molecule has 0 saturated carbocycles. The molecular weight excluding hydrogens is 327 g/mol. The molecule has 0 spiro atoms. The summed E-state index contributed by atoms with van der Waals surface area (Å²) >= 11 is 0.601. The van der Waals surface area contributed by atoms with Crippen molar-refractivity contribution in [2.45, 2.75) is 0 Å². The molecule has 1 rings (SSSR count). The third-order valence-electron chi connectivity index (χ3n) is 0.957. The van der Waals surface area contributed by atoms with Gasteiger partial charge in [-0.2, -0.15) is 0 Å². The molecule has 0 aliphatic carbocycles. The summed E-state index contributed by atoms with van der Waals surface area (Å²) in [6.45, 7) is 0. The van der Waals surface area contributed by atoms with E-state index in [9.17, 15) is 4.79 Å². The van der Waals surface area contributed by atoms with Crippen molar-refractivity contribution in [1.82, 2.24) is 4.98 Å². The number of rotatable bonds is 1. The van der Waals surface area contributed by atoms with E-state index in [1.54, 1.807) is 24.4 Å². The topological polar surface area (TPSA) is 39.2 Å². The van der Waals surface area contributed by atoms with Gasteiger partial charge in [-0.3, -0.25) is 0 Å². The van der Waals surface area contributed by atoms with Gasteiger partial charge in [-0.05, 0) is 0 Å². The van der Waals surface area contributed by atoms with E-state index in [4.69, 9.17) is 0 Å². The first kappa shape index (κ1) is 7.61. The van der Waals surface area contributed by atoms with Crippen LogP contribution in [-0.2, 0) is 2.81 Å². The average Bonchev–Trinajstić information content (AvgIpc) is 2.05. The molecule has 0 aliphatic heterocycles. The van der Waals surface area contributed by atoms with Crippen molar-refractivity contribution in [2.24, 2.45) is 0 Å². The van der Waals surface area contributed by atoms with Gasteiger partial charge in [0.1, 0.15) is 0 Å².